The number of aliphatic hydroxyl groups is 1. The van der Waals surface area contributed by atoms with Gasteiger partial charge in [0.25, 0.3) is 0 Å². The van der Waals surface area contributed by atoms with E-state index in [1.54, 1.807) is 18.0 Å². The SMILES string of the molecule is C[C@@H]1[C@@H](OC[C@H](O)CSc2ccccn2)[C@@H]2CC[C@@H]1C2(C)C. The fraction of sp³-hybridized carbons (Fsp3) is 0.722. The van der Waals surface area contributed by atoms with Gasteiger partial charge in [-0.15, -0.1) is 11.8 Å². The molecule has 2 aliphatic rings. The van der Waals surface area contributed by atoms with Crippen LogP contribution in [0.25, 0.3) is 0 Å². The largest absolute Gasteiger partial charge is 0.390 e. The van der Waals surface area contributed by atoms with E-state index in [9.17, 15) is 5.11 Å². The minimum atomic E-state index is -0.429. The summed E-state index contributed by atoms with van der Waals surface area (Å²) in [7, 11) is 0. The molecule has 2 aliphatic carbocycles. The highest BCUT2D eigenvalue weighted by Crippen LogP contribution is 2.60. The number of rotatable bonds is 6. The summed E-state index contributed by atoms with van der Waals surface area (Å²) in [5.41, 5.74) is 0.401. The molecule has 2 bridgehead atoms. The first-order chi connectivity index (χ1) is 10.5. The highest BCUT2D eigenvalue weighted by molar-refractivity contribution is 7.99. The fourth-order valence-electron chi connectivity index (χ4n) is 4.65. The summed E-state index contributed by atoms with van der Waals surface area (Å²) >= 11 is 1.59. The molecule has 122 valence electrons. The van der Waals surface area contributed by atoms with E-state index in [4.69, 9.17) is 4.74 Å². The van der Waals surface area contributed by atoms with Gasteiger partial charge >= 0.3 is 0 Å². The van der Waals surface area contributed by atoms with E-state index in [0.717, 1.165) is 10.9 Å². The van der Waals surface area contributed by atoms with E-state index < -0.39 is 6.10 Å². The molecule has 1 aromatic heterocycles. The van der Waals surface area contributed by atoms with Crippen LogP contribution in [0.3, 0.4) is 0 Å². The van der Waals surface area contributed by atoms with E-state index in [1.807, 2.05) is 18.2 Å². The average molecular weight is 321 g/mol. The molecule has 1 N–H and O–H groups in total. The van der Waals surface area contributed by atoms with Gasteiger partial charge in [-0.2, -0.15) is 0 Å². The predicted octanol–water partition coefficient (Wildman–Crippen LogP) is 3.62. The Kier molecular flexibility index (Phi) is 4.81. The van der Waals surface area contributed by atoms with Gasteiger partial charge in [0, 0.05) is 11.9 Å². The number of aliphatic hydroxyl groups excluding tert-OH is 1. The topological polar surface area (TPSA) is 42.4 Å². The maximum absolute atomic E-state index is 10.2. The Morgan fingerprint density at radius 1 is 1.36 bits per heavy atom. The number of thioether (sulfide) groups is 1. The quantitative estimate of drug-likeness (QED) is 0.813. The second-order valence-corrected chi connectivity index (χ2v) is 8.44. The van der Waals surface area contributed by atoms with Gasteiger partial charge in [0.1, 0.15) is 0 Å². The molecule has 3 rings (SSSR count). The van der Waals surface area contributed by atoms with Gasteiger partial charge in [-0.3, -0.25) is 0 Å². The van der Waals surface area contributed by atoms with Crippen molar-refractivity contribution in [1.82, 2.24) is 4.98 Å². The minimum Gasteiger partial charge on any atom is -0.390 e. The Morgan fingerprint density at radius 3 is 2.77 bits per heavy atom. The van der Waals surface area contributed by atoms with Crippen LogP contribution in [0, 0.1) is 23.2 Å². The molecule has 0 unspecified atom stereocenters. The van der Waals surface area contributed by atoms with Gasteiger partial charge in [0.15, 0.2) is 0 Å². The molecule has 1 aromatic rings. The lowest BCUT2D eigenvalue weighted by Gasteiger charge is -2.29. The Morgan fingerprint density at radius 2 is 2.14 bits per heavy atom. The normalized spacial score (nSPS) is 34.0. The van der Waals surface area contributed by atoms with Crippen molar-refractivity contribution < 1.29 is 9.84 Å². The first-order valence-corrected chi connectivity index (χ1v) is 9.32. The van der Waals surface area contributed by atoms with Crippen molar-refractivity contribution >= 4 is 11.8 Å². The van der Waals surface area contributed by atoms with Crippen LogP contribution >= 0.6 is 11.8 Å². The number of hydrogen-bond donors (Lipinski definition) is 1. The summed E-state index contributed by atoms with van der Waals surface area (Å²) < 4.78 is 6.15. The average Bonchev–Trinajstić information content (AvgIpc) is 2.90. The second-order valence-electron chi connectivity index (χ2n) is 7.40. The highest BCUT2D eigenvalue weighted by Gasteiger charge is 2.57. The Bertz CT molecular complexity index is 493. The molecule has 0 radical (unpaired) electrons. The van der Waals surface area contributed by atoms with Gasteiger partial charge in [0.2, 0.25) is 0 Å². The lowest BCUT2D eigenvalue weighted by Crippen LogP contribution is -2.32. The van der Waals surface area contributed by atoms with E-state index in [0.29, 0.717) is 35.7 Å². The molecule has 3 nitrogen and oxygen atoms in total. The molecule has 22 heavy (non-hydrogen) atoms. The first-order valence-electron chi connectivity index (χ1n) is 8.33. The maximum atomic E-state index is 10.2. The van der Waals surface area contributed by atoms with Crippen molar-refractivity contribution in [1.29, 1.82) is 0 Å². The second kappa shape index (κ2) is 6.50. The number of nitrogens with zero attached hydrogens (tertiary/aromatic N) is 1. The van der Waals surface area contributed by atoms with Crippen molar-refractivity contribution in [2.75, 3.05) is 12.4 Å². The monoisotopic (exact) mass is 321 g/mol. The number of fused-ring (bicyclic) bond motifs is 2. The number of aromatic nitrogens is 1. The molecule has 0 aliphatic heterocycles. The van der Waals surface area contributed by atoms with Crippen LogP contribution < -0.4 is 0 Å². The molecular formula is C18H27NO2S. The third-order valence-corrected chi connectivity index (χ3v) is 6.88. The Balaban J connectivity index is 1.47. The van der Waals surface area contributed by atoms with Gasteiger partial charge < -0.3 is 9.84 Å². The molecule has 5 atom stereocenters. The minimum absolute atomic E-state index is 0.322. The summed E-state index contributed by atoms with van der Waals surface area (Å²) in [6.07, 6.45) is 4.30. The van der Waals surface area contributed by atoms with Gasteiger partial charge in [-0.25, -0.2) is 4.98 Å². The van der Waals surface area contributed by atoms with Crippen LogP contribution in [0.2, 0.25) is 0 Å². The zero-order chi connectivity index (χ0) is 15.7. The standard InChI is InChI=1S/C18H27NO2S/c1-12-14-7-8-15(18(14,2)3)17(12)21-10-13(20)11-22-16-6-4-5-9-19-16/h4-6,9,12-15,17,20H,7-8,10-11H2,1-3H3/t12-,13-,14-,15-,17+/m0/s1. The van der Waals surface area contributed by atoms with Crippen LogP contribution in [-0.2, 0) is 4.74 Å². The first kappa shape index (κ1) is 16.3. The van der Waals surface area contributed by atoms with E-state index >= 15 is 0 Å². The van der Waals surface area contributed by atoms with Crippen molar-refractivity contribution in [3.8, 4) is 0 Å². The van der Waals surface area contributed by atoms with Crippen molar-refractivity contribution in [2.45, 2.75) is 50.8 Å². The van der Waals surface area contributed by atoms with Crippen molar-refractivity contribution in [2.24, 2.45) is 23.2 Å². The van der Waals surface area contributed by atoms with Gasteiger partial charge in [-0.05, 0) is 48.1 Å². The zero-order valence-corrected chi connectivity index (χ0v) is 14.6. The van der Waals surface area contributed by atoms with Crippen LogP contribution in [0.4, 0.5) is 0 Å². The lowest BCUT2D eigenvalue weighted by molar-refractivity contribution is -0.0506. The maximum Gasteiger partial charge on any atom is 0.0960 e. The molecule has 2 saturated carbocycles. The summed E-state index contributed by atoms with van der Waals surface area (Å²) in [6, 6.07) is 5.85. The summed E-state index contributed by atoms with van der Waals surface area (Å²) in [5, 5.41) is 11.1. The van der Waals surface area contributed by atoms with Crippen molar-refractivity contribution in [3.05, 3.63) is 24.4 Å². The Labute approximate surface area is 137 Å². The number of hydrogen-bond acceptors (Lipinski definition) is 4. The van der Waals surface area contributed by atoms with Crippen LogP contribution in [0.1, 0.15) is 33.6 Å². The number of ether oxygens (including phenoxy) is 1. The van der Waals surface area contributed by atoms with Gasteiger partial charge in [0.05, 0.1) is 23.8 Å². The Hall–Kier alpha value is -0.580. The summed E-state index contributed by atoms with van der Waals surface area (Å²) in [4.78, 5) is 4.26. The van der Waals surface area contributed by atoms with E-state index in [1.165, 1.54) is 12.8 Å². The molecule has 0 saturated heterocycles. The third-order valence-electron chi connectivity index (χ3n) is 5.79. The molecule has 0 spiro atoms. The smallest absolute Gasteiger partial charge is 0.0960 e. The molecule has 0 aromatic carbocycles. The molecular weight excluding hydrogens is 294 g/mol. The van der Waals surface area contributed by atoms with E-state index in [2.05, 4.69) is 25.8 Å². The zero-order valence-electron chi connectivity index (χ0n) is 13.7. The summed E-state index contributed by atoms with van der Waals surface area (Å²) in [5.74, 6) is 2.69. The van der Waals surface area contributed by atoms with Crippen LogP contribution in [-0.4, -0.2) is 34.7 Å². The summed E-state index contributed by atoms with van der Waals surface area (Å²) in [6.45, 7) is 7.55. The molecule has 2 fully saturated rings. The van der Waals surface area contributed by atoms with E-state index in [-0.39, 0.29) is 0 Å². The molecule has 1 heterocycles. The molecule has 0 amide bonds. The van der Waals surface area contributed by atoms with Crippen LogP contribution in [0.15, 0.2) is 29.4 Å². The number of pyridine rings is 1. The van der Waals surface area contributed by atoms with Crippen LogP contribution in [0.5, 0.6) is 0 Å². The molecule has 4 heteroatoms. The van der Waals surface area contributed by atoms with Crippen molar-refractivity contribution in [3.63, 3.8) is 0 Å². The highest BCUT2D eigenvalue weighted by atomic mass is 32.2. The predicted molar refractivity (Wildman–Crippen MR) is 89.9 cm³/mol. The lowest BCUT2D eigenvalue weighted by atomic mass is 9.80. The fourth-order valence-corrected chi connectivity index (χ4v) is 5.42. The third kappa shape index (κ3) is 3.06. The van der Waals surface area contributed by atoms with Gasteiger partial charge in [-0.1, -0.05) is 26.8 Å².